The summed E-state index contributed by atoms with van der Waals surface area (Å²) in [6.45, 7) is 3.43. The van der Waals surface area contributed by atoms with Gasteiger partial charge in [-0.15, -0.1) is 11.8 Å². The van der Waals surface area contributed by atoms with Gasteiger partial charge >= 0.3 is 0 Å². The average molecular weight is 478 g/mol. The van der Waals surface area contributed by atoms with Crippen molar-refractivity contribution in [2.75, 3.05) is 19.3 Å². The van der Waals surface area contributed by atoms with E-state index in [0.29, 0.717) is 0 Å². The van der Waals surface area contributed by atoms with Gasteiger partial charge in [0.15, 0.2) is 0 Å². The van der Waals surface area contributed by atoms with E-state index >= 15 is 0 Å². The molecule has 0 amide bonds. The maximum Gasteiger partial charge on any atom is 0.255 e. The molecule has 0 spiro atoms. The number of nitrogens with zero attached hydrogens (tertiary/aromatic N) is 3. The first-order valence-corrected chi connectivity index (χ1v) is 13.3. The summed E-state index contributed by atoms with van der Waals surface area (Å²) >= 11 is 1.69. The molecule has 2 aromatic heterocycles. The molecule has 35 heavy (non-hydrogen) atoms. The Kier molecular flexibility index (Phi) is 5.88. The Morgan fingerprint density at radius 2 is 1.60 bits per heavy atom. The van der Waals surface area contributed by atoms with Crippen LogP contribution in [0.15, 0.2) is 94.7 Å². The van der Waals surface area contributed by atoms with Gasteiger partial charge in [0.25, 0.3) is 5.56 Å². The molecule has 1 saturated heterocycles. The number of aromatic nitrogens is 2. The maximum atomic E-state index is 13.1. The molecule has 1 fully saturated rings. The van der Waals surface area contributed by atoms with Crippen LogP contribution < -0.4 is 5.56 Å². The Balaban J connectivity index is 1.46. The predicted molar refractivity (Wildman–Crippen MR) is 147 cm³/mol. The zero-order chi connectivity index (χ0) is 23.8. The molecule has 3 heterocycles. The van der Waals surface area contributed by atoms with Crippen LogP contribution in [-0.4, -0.2) is 33.8 Å². The monoisotopic (exact) mass is 477 g/mol. The van der Waals surface area contributed by atoms with Gasteiger partial charge in [-0.05, 0) is 91.3 Å². The summed E-state index contributed by atoms with van der Waals surface area (Å²) in [6, 6.07) is 26.9. The standard InChI is InChI=1S/C30H27N3OS/c1-35-26-12-10-25(11-13-26)33-29(34)15-9-24-19-31-28-14-8-23(18-27(28)30(24)33)22-6-4-21(5-7-22)20-32-16-2-3-17-32/h4-15,18-19H,2-3,16-17,20H2,1H3. The van der Waals surface area contributed by atoms with Crippen molar-refractivity contribution in [1.82, 2.24) is 14.5 Å². The number of fused-ring (bicyclic) bond motifs is 3. The first-order valence-electron chi connectivity index (χ1n) is 12.1. The van der Waals surface area contributed by atoms with Crippen LogP contribution in [0.1, 0.15) is 18.4 Å². The Hall–Kier alpha value is -3.41. The van der Waals surface area contributed by atoms with Gasteiger partial charge in [0.2, 0.25) is 0 Å². The van der Waals surface area contributed by atoms with E-state index in [1.807, 2.05) is 29.0 Å². The Morgan fingerprint density at radius 1 is 0.857 bits per heavy atom. The second kappa shape index (κ2) is 9.33. The van der Waals surface area contributed by atoms with Crippen molar-refractivity contribution in [2.24, 2.45) is 0 Å². The molecule has 0 radical (unpaired) electrons. The molecule has 4 nitrogen and oxygen atoms in total. The summed E-state index contributed by atoms with van der Waals surface area (Å²) in [4.78, 5) is 21.5. The third kappa shape index (κ3) is 4.26. The molecule has 0 unspecified atom stereocenters. The lowest BCUT2D eigenvalue weighted by atomic mass is 10.0. The summed E-state index contributed by atoms with van der Waals surface area (Å²) in [7, 11) is 0. The van der Waals surface area contributed by atoms with E-state index in [2.05, 4.69) is 70.7 Å². The number of likely N-dealkylation sites (tertiary alicyclic amines) is 1. The fourth-order valence-electron chi connectivity index (χ4n) is 5.08. The second-order valence-corrected chi connectivity index (χ2v) is 10.1. The van der Waals surface area contributed by atoms with Gasteiger partial charge in [0, 0.05) is 40.2 Å². The van der Waals surface area contributed by atoms with Crippen molar-refractivity contribution in [3.8, 4) is 16.8 Å². The van der Waals surface area contributed by atoms with Gasteiger partial charge in [-0.2, -0.15) is 0 Å². The van der Waals surface area contributed by atoms with Crippen LogP contribution in [-0.2, 0) is 6.54 Å². The summed E-state index contributed by atoms with van der Waals surface area (Å²) in [5.41, 5.74) is 6.24. The highest BCUT2D eigenvalue weighted by Crippen LogP contribution is 2.30. The van der Waals surface area contributed by atoms with Crippen molar-refractivity contribution >= 4 is 33.6 Å². The van der Waals surface area contributed by atoms with Crippen LogP contribution in [0.2, 0.25) is 0 Å². The zero-order valence-corrected chi connectivity index (χ0v) is 20.6. The van der Waals surface area contributed by atoms with Gasteiger partial charge in [-0.1, -0.05) is 30.3 Å². The summed E-state index contributed by atoms with van der Waals surface area (Å²) in [5.74, 6) is 0. The van der Waals surface area contributed by atoms with Gasteiger partial charge in [0.1, 0.15) is 0 Å². The highest BCUT2D eigenvalue weighted by molar-refractivity contribution is 7.98. The fourth-order valence-corrected chi connectivity index (χ4v) is 5.49. The van der Waals surface area contributed by atoms with Crippen LogP contribution in [0.5, 0.6) is 0 Å². The second-order valence-electron chi connectivity index (χ2n) is 9.18. The zero-order valence-electron chi connectivity index (χ0n) is 19.8. The van der Waals surface area contributed by atoms with Crippen LogP contribution in [0.3, 0.4) is 0 Å². The summed E-state index contributed by atoms with van der Waals surface area (Å²) in [5, 5.41) is 1.93. The Bertz CT molecular complexity index is 1570. The third-order valence-electron chi connectivity index (χ3n) is 6.94. The number of hydrogen-bond donors (Lipinski definition) is 0. The molecule has 174 valence electrons. The molecule has 0 aliphatic carbocycles. The van der Waals surface area contributed by atoms with Gasteiger partial charge in [-0.3, -0.25) is 19.2 Å². The lowest BCUT2D eigenvalue weighted by Gasteiger charge is -2.15. The minimum absolute atomic E-state index is 0.0430. The topological polar surface area (TPSA) is 38.1 Å². The van der Waals surface area contributed by atoms with E-state index in [1.165, 1.54) is 42.0 Å². The van der Waals surface area contributed by atoms with E-state index in [4.69, 9.17) is 0 Å². The molecular formula is C30H27N3OS. The lowest BCUT2D eigenvalue weighted by molar-refractivity contribution is 0.331. The third-order valence-corrected chi connectivity index (χ3v) is 7.68. The van der Waals surface area contributed by atoms with Crippen molar-refractivity contribution in [2.45, 2.75) is 24.3 Å². The summed E-state index contributed by atoms with van der Waals surface area (Å²) in [6.07, 6.45) is 6.53. The normalized spacial score (nSPS) is 14.2. The highest BCUT2D eigenvalue weighted by Gasteiger charge is 2.13. The minimum Gasteiger partial charge on any atom is -0.299 e. The predicted octanol–water partition coefficient (Wildman–Crippen LogP) is 6.52. The van der Waals surface area contributed by atoms with E-state index in [1.54, 1.807) is 17.8 Å². The highest BCUT2D eigenvalue weighted by atomic mass is 32.2. The molecule has 0 saturated carbocycles. The first-order chi connectivity index (χ1) is 17.2. The van der Waals surface area contributed by atoms with E-state index < -0.39 is 0 Å². The Morgan fingerprint density at radius 3 is 2.34 bits per heavy atom. The van der Waals surface area contributed by atoms with Crippen molar-refractivity contribution in [3.63, 3.8) is 0 Å². The molecular weight excluding hydrogens is 450 g/mol. The minimum atomic E-state index is -0.0430. The van der Waals surface area contributed by atoms with Gasteiger partial charge in [-0.25, -0.2) is 0 Å². The maximum absolute atomic E-state index is 13.1. The number of benzene rings is 3. The van der Waals surface area contributed by atoms with Crippen LogP contribution >= 0.6 is 11.8 Å². The summed E-state index contributed by atoms with van der Waals surface area (Å²) < 4.78 is 1.81. The molecule has 3 aromatic carbocycles. The van der Waals surface area contributed by atoms with Crippen LogP contribution in [0.4, 0.5) is 0 Å². The number of hydrogen-bond acceptors (Lipinski definition) is 4. The van der Waals surface area contributed by atoms with E-state index in [9.17, 15) is 4.79 Å². The number of pyridine rings is 2. The van der Waals surface area contributed by atoms with E-state index in [-0.39, 0.29) is 5.56 Å². The van der Waals surface area contributed by atoms with E-state index in [0.717, 1.165) is 39.6 Å². The van der Waals surface area contributed by atoms with Crippen LogP contribution in [0, 0.1) is 0 Å². The molecule has 5 aromatic rings. The first kappa shape index (κ1) is 22.1. The molecule has 0 bridgehead atoms. The average Bonchev–Trinajstić information content (AvgIpc) is 3.42. The Labute approximate surface area is 209 Å². The fraction of sp³-hybridized carbons (Fsp3) is 0.200. The largest absolute Gasteiger partial charge is 0.299 e. The quantitative estimate of drug-likeness (QED) is 0.213. The lowest BCUT2D eigenvalue weighted by Crippen LogP contribution is -2.18. The molecule has 0 N–H and O–H groups in total. The molecule has 1 aliphatic rings. The number of thioether (sulfide) groups is 1. The van der Waals surface area contributed by atoms with Crippen molar-refractivity contribution in [1.29, 1.82) is 0 Å². The molecule has 0 atom stereocenters. The SMILES string of the molecule is CSc1ccc(-n2c(=O)ccc3cnc4ccc(-c5ccc(CN6CCCC6)cc5)cc4c32)cc1. The molecule has 5 heteroatoms. The molecule has 6 rings (SSSR count). The van der Waals surface area contributed by atoms with Crippen LogP contribution in [0.25, 0.3) is 38.6 Å². The number of rotatable bonds is 5. The molecule has 1 aliphatic heterocycles. The van der Waals surface area contributed by atoms with Crippen molar-refractivity contribution < 1.29 is 0 Å². The van der Waals surface area contributed by atoms with Gasteiger partial charge < -0.3 is 0 Å². The van der Waals surface area contributed by atoms with Crippen molar-refractivity contribution in [3.05, 3.63) is 101 Å². The van der Waals surface area contributed by atoms with Gasteiger partial charge in [0.05, 0.1) is 11.0 Å². The smallest absolute Gasteiger partial charge is 0.255 e.